The third kappa shape index (κ3) is 4.86. The Bertz CT molecular complexity index is 353. The minimum Gasteiger partial charge on any atom is -0.396 e. The number of piperidine rings is 1. The van der Waals surface area contributed by atoms with Crippen LogP contribution in [-0.4, -0.2) is 72.2 Å². The first-order valence-corrected chi connectivity index (χ1v) is 8.86. The fourth-order valence-electron chi connectivity index (χ4n) is 2.74. The molecule has 2 amide bonds. The van der Waals surface area contributed by atoms with Gasteiger partial charge < -0.3 is 20.6 Å². The van der Waals surface area contributed by atoms with Crippen molar-refractivity contribution < 1.29 is 14.7 Å². The van der Waals surface area contributed by atoms with Gasteiger partial charge in [-0.2, -0.15) is 11.8 Å². The highest BCUT2D eigenvalue weighted by molar-refractivity contribution is 7.99. The van der Waals surface area contributed by atoms with E-state index < -0.39 is 0 Å². The Kier molecular flexibility index (Phi) is 6.79. The third-order valence-electron chi connectivity index (χ3n) is 4.03. The van der Waals surface area contributed by atoms with Crippen LogP contribution >= 0.6 is 11.8 Å². The topological polar surface area (TPSA) is 81.7 Å². The van der Waals surface area contributed by atoms with E-state index in [-0.39, 0.29) is 30.4 Å². The lowest BCUT2D eigenvalue weighted by Gasteiger charge is -2.34. The van der Waals surface area contributed by atoms with Gasteiger partial charge in [-0.05, 0) is 19.3 Å². The zero-order valence-electron chi connectivity index (χ0n) is 12.3. The van der Waals surface area contributed by atoms with E-state index in [1.807, 2.05) is 16.7 Å². The highest BCUT2D eigenvalue weighted by Crippen LogP contribution is 2.19. The number of rotatable bonds is 5. The Balaban J connectivity index is 1.72. The predicted molar refractivity (Wildman–Crippen MR) is 83.1 cm³/mol. The average molecular weight is 315 g/mol. The fraction of sp³-hybridized carbons (Fsp3) is 0.857. The first kappa shape index (κ1) is 16.6. The zero-order valence-corrected chi connectivity index (χ0v) is 13.2. The van der Waals surface area contributed by atoms with Gasteiger partial charge in [-0.1, -0.05) is 0 Å². The molecule has 1 atom stereocenters. The Labute approximate surface area is 130 Å². The second-order valence-electron chi connectivity index (χ2n) is 5.55. The first-order valence-electron chi connectivity index (χ1n) is 7.71. The van der Waals surface area contributed by atoms with Gasteiger partial charge in [0.25, 0.3) is 0 Å². The normalized spacial score (nSPS) is 23.9. The zero-order chi connectivity index (χ0) is 15.1. The van der Waals surface area contributed by atoms with Crippen LogP contribution in [0, 0.1) is 5.92 Å². The van der Waals surface area contributed by atoms with E-state index in [1.54, 1.807) is 0 Å². The summed E-state index contributed by atoms with van der Waals surface area (Å²) in [5.74, 6) is 2.16. The van der Waals surface area contributed by atoms with Gasteiger partial charge in [-0.15, -0.1) is 0 Å². The van der Waals surface area contributed by atoms with Gasteiger partial charge in [-0.3, -0.25) is 9.59 Å². The molecule has 2 fully saturated rings. The Hall–Kier alpha value is -0.790. The summed E-state index contributed by atoms with van der Waals surface area (Å²) in [5.41, 5.74) is 0. The molecule has 2 aliphatic rings. The molecule has 1 unspecified atom stereocenters. The molecule has 7 heteroatoms. The van der Waals surface area contributed by atoms with Crippen LogP contribution in [0.25, 0.3) is 0 Å². The predicted octanol–water partition coefficient (Wildman–Crippen LogP) is -0.571. The lowest BCUT2D eigenvalue weighted by Crippen LogP contribution is -2.53. The molecule has 21 heavy (non-hydrogen) atoms. The maximum Gasteiger partial charge on any atom is 0.240 e. The van der Waals surface area contributed by atoms with Gasteiger partial charge in [-0.25, -0.2) is 0 Å². The number of amides is 2. The summed E-state index contributed by atoms with van der Waals surface area (Å²) in [6.45, 7) is 2.85. The molecule has 2 heterocycles. The van der Waals surface area contributed by atoms with Crippen molar-refractivity contribution in [3.63, 3.8) is 0 Å². The number of hydrogen-bond donors (Lipinski definition) is 3. The van der Waals surface area contributed by atoms with Crippen LogP contribution in [-0.2, 0) is 9.59 Å². The summed E-state index contributed by atoms with van der Waals surface area (Å²) >= 11 is 1.82. The van der Waals surface area contributed by atoms with E-state index in [0.29, 0.717) is 26.1 Å². The molecule has 0 bridgehead atoms. The van der Waals surface area contributed by atoms with Crippen LogP contribution in [0.2, 0.25) is 0 Å². The van der Waals surface area contributed by atoms with Crippen LogP contribution < -0.4 is 10.6 Å². The smallest absolute Gasteiger partial charge is 0.240 e. The third-order valence-corrected chi connectivity index (χ3v) is 5.09. The molecule has 0 aromatic carbocycles. The molecule has 2 saturated heterocycles. The molecule has 0 aliphatic carbocycles. The molecule has 2 aliphatic heterocycles. The number of likely N-dealkylation sites (tertiary alicyclic amines) is 1. The summed E-state index contributed by atoms with van der Waals surface area (Å²) in [4.78, 5) is 26.2. The highest BCUT2D eigenvalue weighted by atomic mass is 32.2. The van der Waals surface area contributed by atoms with Crippen molar-refractivity contribution in [2.75, 3.05) is 44.3 Å². The van der Waals surface area contributed by atoms with Crippen LogP contribution in [0.1, 0.15) is 19.3 Å². The molecule has 0 aromatic rings. The SMILES string of the molecule is O=C(NCCCO)C1CCN(C(=O)C2CSCCN2)CC1. The van der Waals surface area contributed by atoms with Crippen molar-refractivity contribution >= 4 is 23.6 Å². The van der Waals surface area contributed by atoms with E-state index in [2.05, 4.69) is 10.6 Å². The van der Waals surface area contributed by atoms with E-state index in [4.69, 9.17) is 5.11 Å². The van der Waals surface area contributed by atoms with Crippen molar-refractivity contribution in [1.82, 2.24) is 15.5 Å². The minimum absolute atomic E-state index is 0.00133. The lowest BCUT2D eigenvalue weighted by molar-refractivity contribution is -0.137. The largest absolute Gasteiger partial charge is 0.396 e. The molecular weight excluding hydrogens is 290 g/mol. The summed E-state index contributed by atoms with van der Waals surface area (Å²) in [6.07, 6.45) is 2.06. The van der Waals surface area contributed by atoms with Crippen LogP contribution in [0.4, 0.5) is 0 Å². The van der Waals surface area contributed by atoms with Gasteiger partial charge in [0.1, 0.15) is 0 Å². The van der Waals surface area contributed by atoms with Crippen LogP contribution in [0.3, 0.4) is 0 Å². The molecule has 120 valence electrons. The average Bonchev–Trinajstić information content (AvgIpc) is 2.55. The number of aliphatic hydroxyl groups excluding tert-OH is 1. The number of hydrogen-bond acceptors (Lipinski definition) is 5. The summed E-state index contributed by atoms with van der Waals surface area (Å²) < 4.78 is 0. The van der Waals surface area contributed by atoms with E-state index >= 15 is 0 Å². The van der Waals surface area contributed by atoms with E-state index in [0.717, 1.165) is 30.9 Å². The quantitative estimate of drug-likeness (QED) is 0.592. The monoisotopic (exact) mass is 315 g/mol. The van der Waals surface area contributed by atoms with Gasteiger partial charge in [0.15, 0.2) is 0 Å². The highest BCUT2D eigenvalue weighted by Gasteiger charge is 2.31. The Morgan fingerprint density at radius 1 is 1.33 bits per heavy atom. The van der Waals surface area contributed by atoms with Gasteiger partial charge in [0.05, 0.1) is 6.04 Å². The minimum atomic E-state index is -0.0568. The Morgan fingerprint density at radius 2 is 2.10 bits per heavy atom. The first-order chi connectivity index (χ1) is 10.2. The second-order valence-corrected chi connectivity index (χ2v) is 6.70. The van der Waals surface area contributed by atoms with Crippen molar-refractivity contribution in [2.45, 2.75) is 25.3 Å². The van der Waals surface area contributed by atoms with Crippen molar-refractivity contribution in [2.24, 2.45) is 5.92 Å². The molecule has 0 radical (unpaired) electrons. The lowest BCUT2D eigenvalue weighted by atomic mass is 9.95. The molecule has 3 N–H and O–H groups in total. The molecule has 6 nitrogen and oxygen atoms in total. The van der Waals surface area contributed by atoms with E-state index in [1.165, 1.54) is 0 Å². The molecule has 2 rings (SSSR count). The van der Waals surface area contributed by atoms with E-state index in [9.17, 15) is 9.59 Å². The summed E-state index contributed by atoms with van der Waals surface area (Å²) in [5, 5.41) is 14.8. The molecule has 0 spiro atoms. The molecule has 0 aromatic heterocycles. The van der Waals surface area contributed by atoms with Crippen molar-refractivity contribution in [3.8, 4) is 0 Å². The number of nitrogens with zero attached hydrogens (tertiary/aromatic N) is 1. The number of carbonyl (C=O) groups is 2. The standard InChI is InChI=1S/C14H25N3O3S/c18-8-1-4-16-13(19)11-2-6-17(7-3-11)14(20)12-10-21-9-5-15-12/h11-12,15,18H,1-10H2,(H,16,19). The summed E-state index contributed by atoms with van der Waals surface area (Å²) in [7, 11) is 0. The number of aliphatic hydroxyl groups is 1. The fourth-order valence-corrected chi connectivity index (χ4v) is 3.67. The number of carbonyl (C=O) groups excluding carboxylic acids is 2. The molecule has 0 saturated carbocycles. The second kappa shape index (κ2) is 8.60. The number of nitrogens with one attached hydrogen (secondary N) is 2. The maximum absolute atomic E-state index is 12.4. The van der Waals surface area contributed by atoms with Gasteiger partial charge in [0.2, 0.25) is 11.8 Å². The van der Waals surface area contributed by atoms with Crippen LogP contribution in [0.15, 0.2) is 0 Å². The Morgan fingerprint density at radius 3 is 2.71 bits per heavy atom. The van der Waals surface area contributed by atoms with Gasteiger partial charge >= 0.3 is 0 Å². The van der Waals surface area contributed by atoms with Gasteiger partial charge in [0, 0.05) is 50.2 Å². The number of thioether (sulfide) groups is 1. The van der Waals surface area contributed by atoms with Crippen molar-refractivity contribution in [3.05, 3.63) is 0 Å². The molecular formula is C14H25N3O3S. The summed E-state index contributed by atoms with van der Waals surface area (Å²) in [6, 6.07) is -0.0568. The van der Waals surface area contributed by atoms with Crippen molar-refractivity contribution in [1.29, 1.82) is 0 Å². The van der Waals surface area contributed by atoms with Crippen LogP contribution in [0.5, 0.6) is 0 Å². The maximum atomic E-state index is 12.4.